The number of halogens is 1. The predicted molar refractivity (Wildman–Crippen MR) is 117 cm³/mol. The van der Waals surface area contributed by atoms with Gasteiger partial charge in [0.2, 0.25) is 5.96 Å². The summed E-state index contributed by atoms with van der Waals surface area (Å²) in [5.74, 6) is 1.80. The van der Waals surface area contributed by atoms with E-state index in [0.29, 0.717) is 36.4 Å². The fourth-order valence-corrected chi connectivity index (χ4v) is 3.49. The zero-order valence-electron chi connectivity index (χ0n) is 17.0. The fraction of sp³-hybridized carbons (Fsp3) is 0.167. The fourth-order valence-electron chi connectivity index (χ4n) is 3.49. The van der Waals surface area contributed by atoms with Gasteiger partial charge in [0.05, 0.1) is 0 Å². The molecule has 2 N–H and O–H groups in total. The van der Waals surface area contributed by atoms with Crippen molar-refractivity contribution in [2.24, 2.45) is 4.99 Å². The average Bonchev–Trinajstić information content (AvgIpc) is 3.18. The summed E-state index contributed by atoms with van der Waals surface area (Å²) in [7, 11) is 0. The second-order valence-corrected chi connectivity index (χ2v) is 7.34. The minimum atomic E-state index is -0.660. The SMILES string of the molecule is O=C1NC(Nc2ccc3c(c2)OCCO3)=NC1c1ccc(OCc2cccc(F)c2)cc1. The molecular weight excluding hydrogens is 413 g/mol. The molecule has 0 fully saturated rings. The number of benzene rings is 3. The van der Waals surface area contributed by atoms with E-state index in [1.54, 1.807) is 42.5 Å². The van der Waals surface area contributed by atoms with Crippen LogP contribution in [0.15, 0.2) is 71.7 Å². The maximum absolute atomic E-state index is 13.3. The molecule has 2 aliphatic rings. The molecule has 5 rings (SSSR count). The highest BCUT2D eigenvalue weighted by molar-refractivity contribution is 6.10. The van der Waals surface area contributed by atoms with Crippen LogP contribution in [-0.2, 0) is 11.4 Å². The number of hydrogen-bond acceptors (Lipinski definition) is 6. The Labute approximate surface area is 183 Å². The predicted octanol–water partition coefficient (Wildman–Crippen LogP) is 3.81. The molecule has 0 aliphatic carbocycles. The van der Waals surface area contributed by atoms with Crippen molar-refractivity contribution >= 4 is 17.6 Å². The largest absolute Gasteiger partial charge is 0.489 e. The molecule has 7 nitrogen and oxygen atoms in total. The number of rotatable bonds is 5. The Morgan fingerprint density at radius 2 is 1.84 bits per heavy atom. The van der Waals surface area contributed by atoms with E-state index in [9.17, 15) is 9.18 Å². The Morgan fingerprint density at radius 3 is 2.66 bits per heavy atom. The van der Waals surface area contributed by atoms with Gasteiger partial charge in [-0.15, -0.1) is 0 Å². The van der Waals surface area contributed by atoms with E-state index in [-0.39, 0.29) is 18.3 Å². The van der Waals surface area contributed by atoms with Crippen molar-refractivity contribution in [2.75, 3.05) is 18.5 Å². The van der Waals surface area contributed by atoms with E-state index in [1.807, 2.05) is 12.1 Å². The number of fused-ring (bicyclic) bond motifs is 1. The van der Waals surface area contributed by atoms with Crippen LogP contribution in [0.4, 0.5) is 10.1 Å². The molecule has 1 unspecified atom stereocenters. The molecule has 2 aliphatic heterocycles. The maximum Gasteiger partial charge on any atom is 0.256 e. The van der Waals surface area contributed by atoms with Crippen molar-refractivity contribution in [3.63, 3.8) is 0 Å². The third-order valence-electron chi connectivity index (χ3n) is 5.04. The van der Waals surface area contributed by atoms with Gasteiger partial charge in [0.15, 0.2) is 17.5 Å². The van der Waals surface area contributed by atoms with Crippen molar-refractivity contribution in [3.8, 4) is 17.2 Å². The Kier molecular flexibility index (Phi) is 5.33. The first-order valence-electron chi connectivity index (χ1n) is 10.2. The van der Waals surface area contributed by atoms with Crippen molar-refractivity contribution in [1.29, 1.82) is 0 Å². The molecule has 8 heteroatoms. The Bertz CT molecular complexity index is 1180. The van der Waals surface area contributed by atoms with Crippen LogP contribution in [0.2, 0.25) is 0 Å². The molecule has 1 atom stereocenters. The van der Waals surface area contributed by atoms with Crippen LogP contribution in [0, 0.1) is 5.82 Å². The molecular formula is C24H20FN3O4. The molecule has 0 radical (unpaired) electrons. The zero-order valence-corrected chi connectivity index (χ0v) is 17.0. The molecule has 0 aromatic heterocycles. The number of anilines is 1. The van der Waals surface area contributed by atoms with Crippen LogP contribution >= 0.6 is 0 Å². The van der Waals surface area contributed by atoms with Crippen molar-refractivity contribution in [3.05, 3.63) is 83.7 Å². The smallest absolute Gasteiger partial charge is 0.256 e. The minimum absolute atomic E-state index is 0.224. The normalized spacial score (nSPS) is 16.8. The van der Waals surface area contributed by atoms with Gasteiger partial charge in [0.25, 0.3) is 5.91 Å². The zero-order chi connectivity index (χ0) is 21.9. The summed E-state index contributed by atoms with van der Waals surface area (Å²) in [5.41, 5.74) is 2.21. The summed E-state index contributed by atoms with van der Waals surface area (Å²) in [6.07, 6.45) is 0. The van der Waals surface area contributed by atoms with Crippen LogP contribution < -0.4 is 24.8 Å². The van der Waals surface area contributed by atoms with Gasteiger partial charge in [0.1, 0.15) is 31.4 Å². The molecule has 0 bridgehead atoms. The van der Waals surface area contributed by atoms with Gasteiger partial charge in [-0.2, -0.15) is 0 Å². The lowest BCUT2D eigenvalue weighted by molar-refractivity contribution is -0.120. The number of nitrogens with zero attached hydrogens (tertiary/aromatic N) is 1. The number of guanidine groups is 1. The van der Waals surface area contributed by atoms with Crippen molar-refractivity contribution in [2.45, 2.75) is 12.6 Å². The van der Waals surface area contributed by atoms with Gasteiger partial charge in [0, 0.05) is 11.8 Å². The van der Waals surface area contributed by atoms with Crippen LogP contribution in [-0.4, -0.2) is 25.1 Å². The highest BCUT2D eigenvalue weighted by Crippen LogP contribution is 2.33. The highest BCUT2D eigenvalue weighted by Gasteiger charge is 2.28. The third-order valence-corrected chi connectivity index (χ3v) is 5.04. The van der Waals surface area contributed by atoms with E-state index in [0.717, 1.165) is 16.8 Å². The van der Waals surface area contributed by atoms with E-state index in [2.05, 4.69) is 15.6 Å². The number of ether oxygens (including phenoxy) is 3. The van der Waals surface area contributed by atoms with Gasteiger partial charge in [-0.25, -0.2) is 9.38 Å². The first kappa shape index (κ1) is 19.9. The number of carbonyl (C=O) groups excluding carboxylic acids is 1. The second kappa shape index (κ2) is 8.58. The topological polar surface area (TPSA) is 81.2 Å². The summed E-state index contributed by atoms with van der Waals surface area (Å²) in [5, 5.41) is 5.86. The molecule has 32 heavy (non-hydrogen) atoms. The number of hydrogen-bond donors (Lipinski definition) is 2. The summed E-state index contributed by atoms with van der Waals surface area (Å²) < 4.78 is 30.1. The monoisotopic (exact) mass is 433 g/mol. The molecule has 3 aromatic rings. The van der Waals surface area contributed by atoms with Gasteiger partial charge in [-0.05, 0) is 47.5 Å². The van der Waals surface area contributed by atoms with E-state index >= 15 is 0 Å². The number of nitrogens with one attached hydrogen (secondary N) is 2. The van der Waals surface area contributed by atoms with Crippen LogP contribution in [0.5, 0.6) is 17.2 Å². The molecule has 0 saturated carbocycles. The summed E-state index contributed by atoms with van der Waals surface area (Å²) in [6, 6.07) is 18.2. The molecule has 1 amide bonds. The first-order chi connectivity index (χ1) is 15.6. The van der Waals surface area contributed by atoms with Crippen LogP contribution in [0.1, 0.15) is 17.2 Å². The van der Waals surface area contributed by atoms with Crippen LogP contribution in [0.25, 0.3) is 0 Å². The molecule has 0 saturated heterocycles. The summed E-state index contributed by atoms with van der Waals surface area (Å²) in [4.78, 5) is 16.9. The van der Waals surface area contributed by atoms with Gasteiger partial charge >= 0.3 is 0 Å². The average molecular weight is 433 g/mol. The number of carbonyl (C=O) groups is 1. The van der Waals surface area contributed by atoms with Gasteiger partial charge in [-0.3, -0.25) is 10.1 Å². The third kappa shape index (κ3) is 4.34. The Hall–Kier alpha value is -4.07. The number of amides is 1. The second-order valence-electron chi connectivity index (χ2n) is 7.34. The lowest BCUT2D eigenvalue weighted by Crippen LogP contribution is -2.31. The lowest BCUT2D eigenvalue weighted by atomic mass is 10.1. The lowest BCUT2D eigenvalue weighted by Gasteiger charge is -2.19. The van der Waals surface area contributed by atoms with E-state index in [1.165, 1.54) is 12.1 Å². The van der Waals surface area contributed by atoms with E-state index < -0.39 is 6.04 Å². The standard InChI is InChI=1S/C24H20FN3O4/c25-17-3-1-2-15(12-17)14-32-19-7-4-16(5-8-19)22-23(29)28-24(27-22)26-18-6-9-20-21(13-18)31-11-10-30-20/h1-9,12-13,22H,10-11,14H2,(H2,26,27,28,29). The molecule has 162 valence electrons. The van der Waals surface area contributed by atoms with Crippen molar-refractivity contribution in [1.82, 2.24) is 5.32 Å². The quantitative estimate of drug-likeness (QED) is 0.640. The van der Waals surface area contributed by atoms with Crippen molar-refractivity contribution < 1.29 is 23.4 Å². The Balaban J connectivity index is 1.24. The highest BCUT2D eigenvalue weighted by atomic mass is 19.1. The molecule has 0 spiro atoms. The number of aliphatic imine (C=N–C) groups is 1. The minimum Gasteiger partial charge on any atom is -0.489 e. The summed E-state index contributed by atoms with van der Waals surface area (Å²) in [6.45, 7) is 1.28. The first-order valence-corrected chi connectivity index (χ1v) is 10.2. The van der Waals surface area contributed by atoms with Gasteiger partial charge in [-0.1, -0.05) is 24.3 Å². The molecule has 2 heterocycles. The molecule has 3 aromatic carbocycles. The summed E-state index contributed by atoms with van der Waals surface area (Å²) >= 11 is 0. The Morgan fingerprint density at radius 1 is 1.03 bits per heavy atom. The van der Waals surface area contributed by atoms with Gasteiger partial charge < -0.3 is 19.5 Å². The maximum atomic E-state index is 13.3. The van der Waals surface area contributed by atoms with E-state index in [4.69, 9.17) is 14.2 Å². The van der Waals surface area contributed by atoms with Crippen LogP contribution in [0.3, 0.4) is 0 Å².